The van der Waals surface area contributed by atoms with Crippen LogP contribution >= 0.6 is 23.1 Å². The van der Waals surface area contributed by atoms with Gasteiger partial charge in [-0.25, -0.2) is 0 Å². The molecule has 0 unspecified atom stereocenters. The Balaban J connectivity index is 1.48. The summed E-state index contributed by atoms with van der Waals surface area (Å²) in [7, 11) is 0. The Labute approximate surface area is 165 Å². The summed E-state index contributed by atoms with van der Waals surface area (Å²) in [6.07, 6.45) is 0.361. The molecule has 0 aliphatic rings. The van der Waals surface area contributed by atoms with Gasteiger partial charge in [-0.15, -0.1) is 10.2 Å². The Hall–Kier alpha value is -2.89. The monoisotopic (exact) mass is 395 g/mol. The quantitative estimate of drug-likeness (QED) is 0.577. The first kappa shape index (κ1) is 18.9. The number of rotatable bonds is 7. The molecule has 6 nitrogen and oxygen atoms in total. The average molecular weight is 396 g/mol. The van der Waals surface area contributed by atoms with Crippen LogP contribution in [0.2, 0.25) is 0 Å². The van der Waals surface area contributed by atoms with Gasteiger partial charge in [0.05, 0.1) is 18.2 Å². The summed E-state index contributed by atoms with van der Waals surface area (Å²) < 4.78 is 0.726. The lowest BCUT2D eigenvalue weighted by molar-refractivity contribution is -0.113. The zero-order valence-corrected chi connectivity index (χ0v) is 16.2. The first-order valence-corrected chi connectivity index (χ1v) is 9.98. The van der Waals surface area contributed by atoms with Gasteiger partial charge in [-0.2, -0.15) is 5.26 Å². The Morgan fingerprint density at radius 2 is 1.81 bits per heavy atom. The highest BCUT2D eigenvalue weighted by Crippen LogP contribution is 2.27. The second kappa shape index (κ2) is 9.16. The van der Waals surface area contributed by atoms with E-state index in [9.17, 15) is 4.79 Å². The lowest BCUT2D eigenvalue weighted by atomic mass is 10.1. The third-order valence-electron chi connectivity index (χ3n) is 3.56. The summed E-state index contributed by atoms with van der Waals surface area (Å²) in [5, 5.41) is 23.6. The highest BCUT2D eigenvalue weighted by atomic mass is 32.2. The number of nitrogens with zero attached hydrogens (tertiary/aromatic N) is 3. The van der Waals surface area contributed by atoms with Crippen molar-refractivity contribution >= 4 is 45.5 Å². The van der Waals surface area contributed by atoms with E-state index in [1.54, 1.807) is 12.1 Å². The molecule has 0 aliphatic carbocycles. The molecule has 0 saturated carbocycles. The number of thioether (sulfide) groups is 1. The maximum Gasteiger partial charge on any atom is 0.234 e. The molecule has 1 heterocycles. The number of amides is 1. The van der Waals surface area contributed by atoms with Crippen molar-refractivity contribution < 1.29 is 4.79 Å². The van der Waals surface area contributed by atoms with Gasteiger partial charge < -0.3 is 10.6 Å². The van der Waals surface area contributed by atoms with Crippen LogP contribution in [0.3, 0.4) is 0 Å². The Morgan fingerprint density at radius 1 is 1.11 bits per heavy atom. The van der Waals surface area contributed by atoms with E-state index >= 15 is 0 Å². The molecule has 8 heteroatoms. The molecule has 0 atom stereocenters. The number of aromatic nitrogens is 2. The highest BCUT2D eigenvalue weighted by Gasteiger charge is 2.09. The molecule has 1 amide bonds. The number of nitrogens with one attached hydrogen (secondary N) is 2. The Kier molecular flexibility index (Phi) is 6.41. The molecule has 0 saturated heterocycles. The number of hydrogen-bond acceptors (Lipinski definition) is 7. The van der Waals surface area contributed by atoms with Gasteiger partial charge in [0, 0.05) is 11.4 Å². The van der Waals surface area contributed by atoms with E-state index in [0.717, 1.165) is 15.6 Å². The van der Waals surface area contributed by atoms with Crippen molar-refractivity contribution in [1.29, 1.82) is 5.26 Å². The molecule has 2 aromatic carbocycles. The standard InChI is InChI=1S/C19H17N5OS2/c1-13-2-6-16(7-3-13)22-18-23-24-19(27-18)26-12-17(25)21-15-8-4-14(5-9-15)10-11-20/h2-9H,10,12H2,1H3,(H,21,25)(H,22,23). The van der Waals surface area contributed by atoms with E-state index in [1.807, 2.05) is 43.3 Å². The second-order valence-electron chi connectivity index (χ2n) is 5.73. The van der Waals surface area contributed by atoms with Crippen LogP contribution < -0.4 is 10.6 Å². The van der Waals surface area contributed by atoms with Gasteiger partial charge in [0.2, 0.25) is 11.0 Å². The van der Waals surface area contributed by atoms with E-state index in [-0.39, 0.29) is 11.7 Å². The van der Waals surface area contributed by atoms with Crippen molar-refractivity contribution in [3.05, 3.63) is 59.7 Å². The van der Waals surface area contributed by atoms with E-state index in [0.29, 0.717) is 17.2 Å². The molecule has 136 valence electrons. The molecule has 0 spiro atoms. The van der Waals surface area contributed by atoms with Crippen LogP contribution in [0.15, 0.2) is 52.9 Å². The maximum atomic E-state index is 12.1. The number of hydrogen-bond donors (Lipinski definition) is 2. The van der Waals surface area contributed by atoms with Crippen molar-refractivity contribution in [3.63, 3.8) is 0 Å². The molecular weight excluding hydrogens is 378 g/mol. The molecule has 0 radical (unpaired) electrons. The first-order valence-electron chi connectivity index (χ1n) is 8.18. The predicted molar refractivity (Wildman–Crippen MR) is 109 cm³/mol. The SMILES string of the molecule is Cc1ccc(Nc2nnc(SCC(=O)Nc3ccc(CC#N)cc3)s2)cc1. The van der Waals surface area contributed by atoms with Crippen LogP contribution in [0, 0.1) is 18.3 Å². The summed E-state index contributed by atoms with van der Waals surface area (Å²) in [6.45, 7) is 2.04. The molecule has 0 aliphatic heterocycles. The van der Waals surface area contributed by atoms with Crippen molar-refractivity contribution in [1.82, 2.24) is 10.2 Å². The van der Waals surface area contributed by atoms with Gasteiger partial charge in [0.1, 0.15) is 0 Å². The molecule has 2 N–H and O–H groups in total. The third-order valence-corrected chi connectivity index (χ3v) is 5.53. The van der Waals surface area contributed by atoms with Crippen LogP contribution in [0.4, 0.5) is 16.5 Å². The minimum absolute atomic E-state index is 0.115. The van der Waals surface area contributed by atoms with E-state index in [4.69, 9.17) is 5.26 Å². The summed E-state index contributed by atoms with van der Waals surface area (Å²) in [4.78, 5) is 12.1. The smallest absolute Gasteiger partial charge is 0.234 e. The zero-order chi connectivity index (χ0) is 19.1. The van der Waals surface area contributed by atoms with Crippen LogP contribution in [0.5, 0.6) is 0 Å². The number of nitriles is 1. The van der Waals surface area contributed by atoms with E-state index in [1.165, 1.54) is 28.7 Å². The Morgan fingerprint density at radius 3 is 2.52 bits per heavy atom. The lowest BCUT2D eigenvalue weighted by Crippen LogP contribution is -2.13. The average Bonchev–Trinajstić information content (AvgIpc) is 3.11. The minimum Gasteiger partial charge on any atom is -0.330 e. The van der Waals surface area contributed by atoms with Crippen molar-refractivity contribution in [2.75, 3.05) is 16.4 Å². The van der Waals surface area contributed by atoms with Gasteiger partial charge in [-0.05, 0) is 36.8 Å². The fourth-order valence-corrected chi connectivity index (χ4v) is 3.77. The number of carbonyl (C=O) groups excluding carboxylic acids is 1. The first-order chi connectivity index (χ1) is 13.1. The van der Waals surface area contributed by atoms with Crippen molar-refractivity contribution in [2.24, 2.45) is 0 Å². The largest absolute Gasteiger partial charge is 0.330 e. The Bertz CT molecular complexity index is 945. The van der Waals surface area contributed by atoms with E-state index in [2.05, 4.69) is 26.9 Å². The molecule has 27 heavy (non-hydrogen) atoms. The van der Waals surface area contributed by atoms with Gasteiger partial charge >= 0.3 is 0 Å². The maximum absolute atomic E-state index is 12.1. The van der Waals surface area contributed by atoms with Gasteiger partial charge in [-0.3, -0.25) is 4.79 Å². The fraction of sp³-hybridized carbons (Fsp3) is 0.158. The summed E-state index contributed by atoms with van der Waals surface area (Å²) >= 11 is 2.75. The highest BCUT2D eigenvalue weighted by molar-refractivity contribution is 8.01. The van der Waals surface area contributed by atoms with Crippen molar-refractivity contribution in [3.8, 4) is 6.07 Å². The normalized spacial score (nSPS) is 10.2. The number of aryl methyl sites for hydroxylation is 1. The van der Waals surface area contributed by atoms with Gasteiger partial charge in [0.25, 0.3) is 0 Å². The van der Waals surface area contributed by atoms with Crippen LogP contribution in [0.25, 0.3) is 0 Å². The molecule has 3 rings (SSSR count). The number of benzene rings is 2. The predicted octanol–water partition coefficient (Wildman–Crippen LogP) is 4.39. The molecule has 0 fully saturated rings. The van der Waals surface area contributed by atoms with Gasteiger partial charge in [-0.1, -0.05) is 52.9 Å². The van der Waals surface area contributed by atoms with Crippen LogP contribution in [-0.2, 0) is 11.2 Å². The van der Waals surface area contributed by atoms with Crippen LogP contribution in [0.1, 0.15) is 11.1 Å². The van der Waals surface area contributed by atoms with Gasteiger partial charge in [0.15, 0.2) is 4.34 Å². The lowest BCUT2D eigenvalue weighted by Gasteiger charge is -2.04. The molecule has 1 aromatic heterocycles. The second-order valence-corrected chi connectivity index (χ2v) is 7.93. The molecule has 0 bridgehead atoms. The zero-order valence-electron chi connectivity index (χ0n) is 14.6. The summed E-state index contributed by atoms with van der Waals surface area (Å²) in [6, 6.07) is 17.4. The van der Waals surface area contributed by atoms with E-state index < -0.39 is 0 Å². The fourth-order valence-electron chi connectivity index (χ4n) is 2.20. The molecular formula is C19H17N5OS2. The van der Waals surface area contributed by atoms with Crippen LogP contribution in [-0.4, -0.2) is 21.9 Å². The molecule has 3 aromatic rings. The summed E-state index contributed by atoms with van der Waals surface area (Å²) in [5.74, 6) is 0.135. The topological polar surface area (TPSA) is 90.7 Å². The third kappa shape index (κ3) is 5.81. The number of carbonyl (C=O) groups is 1. The summed E-state index contributed by atoms with van der Waals surface area (Å²) in [5.41, 5.74) is 3.78. The van der Waals surface area contributed by atoms with Crippen molar-refractivity contribution in [2.45, 2.75) is 17.7 Å². The minimum atomic E-state index is -0.115. The number of anilines is 3.